The molecule has 0 radical (unpaired) electrons. The molecule has 26 heavy (non-hydrogen) atoms. The molecule has 0 amide bonds. The minimum absolute atomic E-state index is 1.12. The summed E-state index contributed by atoms with van der Waals surface area (Å²) in [5.74, 6) is 0. The topological polar surface area (TPSA) is 63.2 Å². The normalized spacial score (nSPS) is 11.1. The second-order valence-electron chi connectivity index (χ2n) is 9.11. The molecule has 0 aliphatic heterocycles. The molecular weight excluding hydrogens is 328 g/mol. The highest BCUT2D eigenvalue weighted by Crippen LogP contribution is 2.05. The molecule has 160 valence electrons. The zero-order valence-electron chi connectivity index (χ0n) is 19.1. The van der Waals surface area contributed by atoms with E-state index in [0.29, 0.717) is 0 Å². The number of hydrogen-bond donors (Lipinski definition) is 0. The second kappa shape index (κ2) is 19.0. The van der Waals surface area contributed by atoms with Gasteiger partial charge in [-0.05, 0) is 31.8 Å². The first-order chi connectivity index (χ1) is 11.9. The molecule has 0 aromatic heterocycles. The maximum absolute atomic E-state index is 8.33. The Kier molecular flexibility index (Phi) is 21.8. The Labute approximate surface area is 164 Å². The van der Waals surface area contributed by atoms with E-state index in [1.54, 1.807) is 0 Å². The van der Waals surface area contributed by atoms with Crippen molar-refractivity contribution >= 4 is 6.16 Å². The largest absolute Gasteiger partial charge is 0.652 e. The van der Waals surface area contributed by atoms with Gasteiger partial charge in [-0.25, -0.2) is 0 Å². The molecule has 0 bridgehead atoms. The molecule has 0 unspecified atom stereocenters. The van der Waals surface area contributed by atoms with Gasteiger partial charge in [-0.15, -0.1) is 0 Å². The average Bonchev–Trinajstić information content (AvgIpc) is 2.45. The van der Waals surface area contributed by atoms with Crippen LogP contribution < -0.4 is 10.2 Å². The van der Waals surface area contributed by atoms with E-state index in [4.69, 9.17) is 15.0 Å². The van der Waals surface area contributed by atoms with E-state index >= 15 is 0 Å². The number of rotatable bonds is 12. The van der Waals surface area contributed by atoms with Gasteiger partial charge in [-0.2, -0.15) is 0 Å². The van der Waals surface area contributed by atoms with Crippen molar-refractivity contribution in [2.45, 2.75) is 78.1 Å². The van der Waals surface area contributed by atoms with Crippen LogP contribution in [0.5, 0.6) is 0 Å². The summed E-state index contributed by atoms with van der Waals surface area (Å²) in [6, 6.07) is 0. The Bertz CT molecular complexity index is 267. The van der Waals surface area contributed by atoms with Gasteiger partial charge >= 0.3 is 0 Å². The third kappa shape index (κ3) is 49.5. The third-order valence-corrected chi connectivity index (χ3v) is 3.86. The van der Waals surface area contributed by atoms with Crippen molar-refractivity contribution in [1.29, 1.82) is 0 Å². The van der Waals surface area contributed by atoms with E-state index in [0.717, 1.165) is 8.97 Å². The third-order valence-electron chi connectivity index (χ3n) is 3.86. The van der Waals surface area contributed by atoms with Crippen molar-refractivity contribution in [3.8, 4) is 0 Å². The van der Waals surface area contributed by atoms with Crippen LogP contribution >= 0.6 is 0 Å². The summed E-state index contributed by atoms with van der Waals surface area (Å²) >= 11 is 0. The highest BCUT2D eigenvalue weighted by Gasteiger charge is 2.05. The molecule has 0 aliphatic carbocycles. The molecule has 0 aliphatic rings. The van der Waals surface area contributed by atoms with Gasteiger partial charge in [0.2, 0.25) is 0 Å². The molecule has 0 saturated heterocycles. The highest BCUT2D eigenvalue weighted by atomic mass is 16.6. The van der Waals surface area contributed by atoms with Crippen molar-refractivity contribution < 1.29 is 24.0 Å². The molecular formula is C21H48N2O3. The zero-order valence-corrected chi connectivity index (χ0v) is 19.1. The van der Waals surface area contributed by atoms with Gasteiger partial charge in [0.05, 0.1) is 55.4 Å². The SMILES string of the molecule is CCCCCCC[N+](C)(C)C.CCCCCCC[N+](C)(C)C.O=C([O-])[O-]. The van der Waals surface area contributed by atoms with Crippen molar-refractivity contribution in [3.05, 3.63) is 0 Å². The first-order valence-corrected chi connectivity index (χ1v) is 10.3. The zero-order chi connectivity index (χ0) is 21.1. The molecule has 0 atom stereocenters. The Morgan fingerprint density at radius 1 is 0.577 bits per heavy atom. The molecule has 0 heterocycles. The lowest BCUT2D eigenvalue weighted by Gasteiger charge is -2.23. The highest BCUT2D eigenvalue weighted by molar-refractivity contribution is 5.47. The Hall–Kier alpha value is -0.810. The van der Waals surface area contributed by atoms with Crippen LogP contribution in [0.1, 0.15) is 78.1 Å². The maximum atomic E-state index is 8.33. The van der Waals surface area contributed by atoms with E-state index in [1.165, 1.54) is 77.3 Å². The standard InChI is InChI=1S/2C10H24N.CH2O3/c2*1-5-6-7-8-9-10-11(2,3)4;2-1(3)4/h2*5-10H2,1-4H3;(H2,2,3,4)/q2*+1;/p-2. The fraction of sp³-hybridized carbons (Fsp3) is 0.952. The first kappa shape index (κ1) is 29.9. The Morgan fingerprint density at radius 2 is 0.808 bits per heavy atom. The van der Waals surface area contributed by atoms with E-state index in [9.17, 15) is 0 Å². The van der Waals surface area contributed by atoms with Crippen LogP contribution in [0.15, 0.2) is 0 Å². The lowest BCUT2D eigenvalue weighted by Crippen LogP contribution is -2.37. The number of unbranched alkanes of at least 4 members (excludes halogenated alkanes) is 8. The van der Waals surface area contributed by atoms with Crippen LogP contribution in [-0.4, -0.2) is 70.5 Å². The summed E-state index contributed by atoms with van der Waals surface area (Å²) in [5, 5.41) is 16.7. The molecule has 0 aromatic rings. The van der Waals surface area contributed by atoms with Gasteiger partial charge in [0.25, 0.3) is 0 Å². The molecule has 0 rings (SSSR count). The summed E-state index contributed by atoms with van der Waals surface area (Å²) in [6.45, 7) is 7.17. The minimum Gasteiger partial charge on any atom is -0.652 e. The summed E-state index contributed by atoms with van der Waals surface area (Å²) in [5.41, 5.74) is 0. The monoisotopic (exact) mass is 376 g/mol. The van der Waals surface area contributed by atoms with Crippen LogP contribution in [0.3, 0.4) is 0 Å². The Morgan fingerprint density at radius 3 is 1.00 bits per heavy atom. The smallest absolute Gasteiger partial charge is 0.0780 e. The lowest BCUT2D eigenvalue weighted by molar-refractivity contribution is -0.870. The molecule has 0 aromatic carbocycles. The number of quaternary nitrogens is 2. The van der Waals surface area contributed by atoms with Gasteiger partial charge in [0, 0.05) is 0 Å². The predicted molar refractivity (Wildman–Crippen MR) is 109 cm³/mol. The number of hydrogen-bond acceptors (Lipinski definition) is 3. The number of carbonyl (C=O) groups excluding carboxylic acids is 1. The molecule has 5 heteroatoms. The number of nitrogens with zero attached hydrogens (tertiary/aromatic N) is 2. The maximum Gasteiger partial charge on any atom is 0.0780 e. The minimum atomic E-state index is -2.33. The molecule has 0 fully saturated rings. The van der Waals surface area contributed by atoms with Gasteiger partial charge in [-0.3, -0.25) is 0 Å². The van der Waals surface area contributed by atoms with Crippen molar-refractivity contribution in [1.82, 2.24) is 0 Å². The van der Waals surface area contributed by atoms with Crippen LogP contribution in [0.4, 0.5) is 4.79 Å². The summed E-state index contributed by atoms with van der Waals surface area (Å²) in [7, 11) is 13.6. The predicted octanol–water partition coefficient (Wildman–Crippen LogP) is 2.88. The number of carboxylic acid groups (broad SMARTS) is 2. The molecule has 5 nitrogen and oxygen atoms in total. The van der Waals surface area contributed by atoms with Crippen LogP contribution in [-0.2, 0) is 0 Å². The van der Waals surface area contributed by atoms with Crippen LogP contribution in [0, 0.1) is 0 Å². The summed E-state index contributed by atoms with van der Waals surface area (Å²) < 4.78 is 2.23. The first-order valence-electron chi connectivity index (χ1n) is 10.3. The van der Waals surface area contributed by atoms with E-state index < -0.39 is 6.16 Å². The fourth-order valence-corrected chi connectivity index (χ4v) is 2.38. The molecule has 0 spiro atoms. The van der Waals surface area contributed by atoms with Gasteiger partial charge in [0.15, 0.2) is 0 Å². The van der Waals surface area contributed by atoms with Gasteiger partial charge in [0.1, 0.15) is 0 Å². The quantitative estimate of drug-likeness (QED) is 0.389. The van der Waals surface area contributed by atoms with Gasteiger partial charge in [-0.1, -0.05) is 52.4 Å². The number of carbonyl (C=O) groups is 1. The van der Waals surface area contributed by atoms with E-state index in [2.05, 4.69) is 56.1 Å². The van der Waals surface area contributed by atoms with Crippen molar-refractivity contribution in [3.63, 3.8) is 0 Å². The van der Waals surface area contributed by atoms with Gasteiger partial charge < -0.3 is 24.0 Å². The Balaban J connectivity index is -0.000000338. The van der Waals surface area contributed by atoms with Crippen molar-refractivity contribution in [2.75, 3.05) is 55.4 Å². The van der Waals surface area contributed by atoms with Crippen molar-refractivity contribution in [2.24, 2.45) is 0 Å². The molecule has 0 saturated carbocycles. The van der Waals surface area contributed by atoms with Crippen LogP contribution in [0.25, 0.3) is 0 Å². The summed E-state index contributed by atoms with van der Waals surface area (Å²) in [6.07, 6.45) is 11.7. The summed E-state index contributed by atoms with van der Waals surface area (Å²) in [4.78, 5) is 8.33. The molecule has 0 N–H and O–H groups in total. The second-order valence-corrected chi connectivity index (χ2v) is 9.11. The van der Waals surface area contributed by atoms with E-state index in [-0.39, 0.29) is 0 Å². The van der Waals surface area contributed by atoms with Crippen LogP contribution in [0.2, 0.25) is 0 Å². The van der Waals surface area contributed by atoms with E-state index in [1.807, 2.05) is 0 Å². The average molecular weight is 377 g/mol. The fourth-order valence-electron chi connectivity index (χ4n) is 2.38. The lowest BCUT2D eigenvalue weighted by atomic mass is 10.1.